The van der Waals surface area contributed by atoms with Gasteiger partial charge in [0.2, 0.25) is 15.7 Å². The fourth-order valence-electron chi connectivity index (χ4n) is 2.93. The van der Waals surface area contributed by atoms with Gasteiger partial charge >= 0.3 is 5.76 Å². The summed E-state index contributed by atoms with van der Waals surface area (Å²) >= 11 is 0. The molecule has 1 aromatic rings. The summed E-state index contributed by atoms with van der Waals surface area (Å²) < 4.78 is 48.1. The molecular weight excluding hydrogens is 390 g/mol. The third-order valence-corrected chi connectivity index (χ3v) is 6.59. The third-order valence-electron chi connectivity index (χ3n) is 5.19. The Balaban J connectivity index is 1.96. The molecule has 1 aliphatic heterocycles. The largest absolute Gasteiger partial charge is 0.353 e. The van der Waals surface area contributed by atoms with Crippen LogP contribution >= 0.6 is 0 Å². The van der Waals surface area contributed by atoms with E-state index in [1.165, 1.54) is 12.1 Å². The van der Waals surface area contributed by atoms with Gasteiger partial charge in [-0.3, -0.25) is 9.59 Å². The van der Waals surface area contributed by atoms with Crippen LogP contribution in [0.5, 0.6) is 0 Å². The van der Waals surface area contributed by atoms with Gasteiger partial charge in [0.25, 0.3) is 5.91 Å². The molecule has 0 bridgehead atoms. The first-order valence-corrected chi connectivity index (χ1v) is 10.8. The minimum atomic E-state index is -4.68. The molecule has 0 spiro atoms. The Labute approximate surface area is 164 Å². The van der Waals surface area contributed by atoms with Crippen LogP contribution in [0.15, 0.2) is 29.2 Å². The molecular formula is C19H26F2N2O4S. The zero-order valence-electron chi connectivity index (χ0n) is 16.2. The molecule has 1 aromatic carbocycles. The Morgan fingerprint density at radius 3 is 2.07 bits per heavy atom. The van der Waals surface area contributed by atoms with Crippen molar-refractivity contribution < 1.29 is 26.8 Å². The van der Waals surface area contributed by atoms with Crippen LogP contribution in [0.25, 0.3) is 0 Å². The van der Waals surface area contributed by atoms with Gasteiger partial charge in [-0.1, -0.05) is 13.8 Å². The second-order valence-electron chi connectivity index (χ2n) is 7.44. The molecule has 1 aliphatic rings. The van der Waals surface area contributed by atoms with E-state index in [1.54, 1.807) is 4.90 Å². The monoisotopic (exact) mass is 416 g/mol. The normalized spacial score (nSPS) is 17.0. The summed E-state index contributed by atoms with van der Waals surface area (Å²) in [5.74, 6) is -3.63. The average Bonchev–Trinajstić information content (AvgIpc) is 2.67. The van der Waals surface area contributed by atoms with Crippen LogP contribution in [-0.4, -0.2) is 50.0 Å². The van der Waals surface area contributed by atoms with Crippen molar-refractivity contribution in [3.63, 3.8) is 0 Å². The Morgan fingerprint density at radius 1 is 1.07 bits per heavy atom. The molecule has 1 N–H and O–H groups in total. The fraction of sp³-hybridized carbons (Fsp3) is 0.579. The molecule has 1 heterocycles. The van der Waals surface area contributed by atoms with Crippen molar-refractivity contribution in [1.82, 2.24) is 10.2 Å². The van der Waals surface area contributed by atoms with Crippen LogP contribution in [0, 0.1) is 11.8 Å². The van der Waals surface area contributed by atoms with Crippen LogP contribution in [0.4, 0.5) is 8.78 Å². The number of rotatable bonds is 6. The Hall–Kier alpha value is -2.03. The Bertz CT molecular complexity index is 802. The summed E-state index contributed by atoms with van der Waals surface area (Å²) in [5, 5.41) is 2.99. The highest BCUT2D eigenvalue weighted by Gasteiger charge is 2.30. The SMILES string of the molecule is CC(C)C(C)NC(=O)C1CCN(C(=O)c2ccc(S(=O)(=O)C(F)F)cc2)CC1. The predicted molar refractivity (Wildman–Crippen MR) is 101 cm³/mol. The number of nitrogens with one attached hydrogen (secondary N) is 1. The second kappa shape index (κ2) is 8.98. The molecule has 6 nitrogen and oxygen atoms in total. The molecule has 1 saturated heterocycles. The van der Waals surface area contributed by atoms with Crippen LogP contribution in [-0.2, 0) is 14.6 Å². The van der Waals surface area contributed by atoms with E-state index in [4.69, 9.17) is 0 Å². The number of hydrogen-bond donors (Lipinski definition) is 1. The van der Waals surface area contributed by atoms with E-state index in [0.717, 1.165) is 12.1 Å². The van der Waals surface area contributed by atoms with E-state index < -0.39 is 20.5 Å². The van der Waals surface area contributed by atoms with Crippen molar-refractivity contribution in [3.8, 4) is 0 Å². The van der Waals surface area contributed by atoms with E-state index >= 15 is 0 Å². The Morgan fingerprint density at radius 2 is 1.61 bits per heavy atom. The van der Waals surface area contributed by atoms with Crippen molar-refractivity contribution >= 4 is 21.7 Å². The number of benzene rings is 1. The van der Waals surface area contributed by atoms with Crippen molar-refractivity contribution in [1.29, 1.82) is 0 Å². The quantitative estimate of drug-likeness (QED) is 0.773. The first-order chi connectivity index (χ1) is 13.0. The number of amides is 2. The topological polar surface area (TPSA) is 83.6 Å². The lowest BCUT2D eigenvalue weighted by Crippen LogP contribution is -2.45. The zero-order chi connectivity index (χ0) is 21.1. The molecule has 0 aliphatic carbocycles. The molecule has 1 unspecified atom stereocenters. The number of carbonyl (C=O) groups is 2. The molecule has 0 radical (unpaired) electrons. The van der Waals surface area contributed by atoms with Crippen molar-refractivity contribution in [2.45, 2.75) is 50.3 Å². The predicted octanol–water partition coefficient (Wildman–Crippen LogP) is 2.70. The molecule has 28 heavy (non-hydrogen) atoms. The molecule has 2 rings (SSSR count). The molecule has 9 heteroatoms. The summed E-state index contributed by atoms with van der Waals surface area (Å²) in [7, 11) is -4.68. The van der Waals surface area contributed by atoms with Gasteiger partial charge in [-0.2, -0.15) is 8.78 Å². The number of halogens is 2. The highest BCUT2D eigenvalue weighted by Crippen LogP contribution is 2.22. The second-order valence-corrected chi connectivity index (χ2v) is 9.36. The molecule has 1 atom stereocenters. The summed E-state index contributed by atoms with van der Waals surface area (Å²) in [6, 6.07) is 4.58. The minimum Gasteiger partial charge on any atom is -0.353 e. The average molecular weight is 416 g/mol. The maximum Gasteiger partial charge on any atom is 0.341 e. The van der Waals surface area contributed by atoms with Gasteiger partial charge < -0.3 is 10.2 Å². The highest BCUT2D eigenvalue weighted by molar-refractivity contribution is 7.91. The smallest absolute Gasteiger partial charge is 0.341 e. The van der Waals surface area contributed by atoms with Gasteiger partial charge in [0.05, 0.1) is 4.90 Å². The number of piperidine rings is 1. The van der Waals surface area contributed by atoms with Gasteiger partial charge in [-0.15, -0.1) is 0 Å². The zero-order valence-corrected chi connectivity index (χ0v) is 17.0. The van der Waals surface area contributed by atoms with E-state index in [2.05, 4.69) is 5.32 Å². The lowest BCUT2D eigenvalue weighted by Gasteiger charge is -2.32. The minimum absolute atomic E-state index is 0.00476. The summed E-state index contributed by atoms with van der Waals surface area (Å²) in [6.07, 6.45) is 1.08. The molecule has 156 valence electrons. The third kappa shape index (κ3) is 5.06. The van der Waals surface area contributed by atoms with Gasteiger partial charge in [0.1, 0.15) is 0 Å². The van der Waals surface area contributed by atoms with Crippen molar-refractivity contribution in [2.75, 3.05) is 13.1 Å². The maximum atomic E-state index is 12.6. The summed E-state index contributed by atoms with van der Waals surface area (Å²) in [6.45, 7) is 6.83. The number of likely N-dealkylation sites (tertiary alicyclic amines) is 1. The molecule has 1 fully saturated rings. The maximum absolute atomic E-state index is 12.6. The number of hydrogen-bond acceptors (Lipinski definition) is 4. The number of carbonyl (C=O) groups excluding carboxylic acids is 2. The van der Waals surface area contributed by atoms with E-state index in [1.807, 2.05) is 20.8 Å². The number of nitrogens with zero attached hydrogens (tertiary/aromatic N) is 1. The number of alkyl halides is 2. The van der Waals surface area contributed by atoms with Crippen LogP contribution in [0.3, 0.4) is 0 Å². The van der Waals surface area contributed by atoms with Gasteiger partial charge in [-0.25, -0.2) is 8.42 Å². The van der Waals surface area contributed by atoms with E-state index in [9.17, 15) is 26.8 Å². The van der Waals surface area contributed by atoms with E-state index in [-0.39, 0.29) is 29.3 Å². The number of sulfone groups is 1. The Kier molecular flexibility index (Phi) is 7.14. The first-order valence-electron chi connectivity index (χ1n) is 9.25. The highest BCUT2D eigenvalue weighted by atomic mass is 32.2. The fourth-order valence-corrected chi connectivity index (χ4v) is 3.65. The van der Waals surface area contributed by atoms with Gasteiger partial charge in [-0.05, 0) is 49.9 Å². The molecule has 2 amide bonds. The first kappa shape index (κ1) is 22.3. The molecule has 0 saturated carbocycles. The van der Waals surface area contributed by atoms with Crippen molar-refractivity contribution in [2.24, 2.45) is 11.8 Å². The van der Waals surface area contributed by atoms with Gasteiger partial charge in [0, 0.05) is 30.6 Å². The van der Waals surface area contributed by atoms with E-state index in [0.29, 0.717) is 31.8 Å². The van der Waals surface area contributed by atoms with Gasteiger partial charge in [0.15, 0.2) is 0 Å². The molecule has 0 aromatic heterocycles. The summed E-state index contributed by atoms with van der Waals surface area (Å²) in [4.78, 5) is 25.9. The lowest BCUT2D eigenvalue weighted by atomic mass is 9.94. The van der Waals surface area contributed by atoms with Crippen molar-refractivity contribution in [3.05, 3.63) is 29.8 Å². The van der Waals surface area contributed by atoms with Crippen LogP contribution in [0.2, 0.25) is 0 Å². The van der Waals surface area contributed by atoms with Crippen LogP contribution < -0.4 is 5.32 Å². The standard InChI is InChI=1S/C19H26F2N2O4S/c1-12(2)13(3)22-17(24)14-8-10-23(11-9-14)18(25)15-4-6-16(7-5-15)28(26,27)19(20)21/h4-7,12-14,19H,8-11H2,1-3H3,(H,22,24). The lowest BCUT2D eigenvalue weighted by molar-refractivity contribution is -0.127. The van der Waals surface area contributed by atoms with Crippen LogP contribution in [0.1, 0.15) is 44.0 Å². The summed E-state index contributed by atoms with van der Waals surface area (Å²) in [5.41, 5.74) is 0.226.